The fraction of sp³-hybridized carbons (Fsp3) is 0.417. The van der Waals surface area contributed by atoms with E-state index >= 15 is 0 Å². The van der Waals surface area contributed by atoms with E-state index in [0.29, 0.717) is 13.1 Å². The summed E-state index contributed by atoms with van der Waals surface area (Å²) in [5.74, 6) is 0.106. The highest BCUT2D eigenvalue weighted by atomic mass is 16.2. The van der Waals surface area contributed by atoms with E-state index in [0.717, 1.165) is 11.1 Å². The molecule has 2 N–H and O–H groups in total. The van der Waals surface area contributed by atoms with E-state index < -0.39 is 0 Å². The van der Waals surface area contributed by atoms with Gasteiger partial charge in [-0.1, -0.05) is 17.7 Å². The lowest BCUT2D eigenvalue weighted by atomic mass is 10.0. The first-order valence-electron chi connectivity index (χ1n) is 5.20. The fourth-order valence-corrected chi connectivity index (χ4v) is 1.90. The van der Waals surface area contributed by atoms with Crippen molar-refractivity contribution < 1.29 is 4.79 Å². The van der Waals surface area contributed by atoms with E-state index in [1.54, 1.807) is 4.90 Å². The van der Waals surface area contributed by atoms with Crippen LogP contribution in [0.25, 0.3) is 0 Å². The van der Waals surface area contributed by atoms with E-state index in [-0.39, 0.29) is 11.9 Å². The van der Waals surface area contributed by atoms with Crippen molar-refractivity contribution >= 4 is 5.91 Å². The van der Waals surface area contributed by atoms with Gasteiger partial charge in [0.25, 0.3) is 5.91 Å². The minimum atomic E-state index is 0.106. The molecule has 80 valence electrons. The second-order valence-corrected chi connectivity index (χ2v) is 4.29. The molecule has 1 heterocycles. The molecule has 3 nitrogen and oxygen atoms in total. The topological polar surface area (TPSA) is 46.3 Å². The molecule has 1 aliphatic heterocycles. The number of nitrogens with zero attached hydrogens (tertiary/aromatic N) is 1. The van der Waals surface area contributed by atoms with Crippen molar-refractivity contribution in [2.24, 2.45) is 5.73 Å². The van der Waals surface area contributed by atoms with Crippen LogP contribution in [-0.2, 0) is 0 Å². The van der Waals surface area contributed by atoms with Crippen LogP contribution < -0.4 is 5.73 Å². The molecule has 0 atom stereocenters. The first-order valence-corrected chi connectivity index (χ1v) is 5.20. The molecule has 0 aromatic heterocycles. The monoisotopic (exact) mass is 204 g/mol. The second-order valence-electron chi connectivity index (χ2n) is 4.29. The Kier molecular flexibility index (Phi) is 2.49. The Hall–Kier alpha value is -1.35. The highest BCUT2D eigenvalue weighted by Gasteiger charge is 2.28. The first-order chi connectivity index (χ1) is 7.08. The van der Waals surface area contributed by atoms with Gasteiger partial charge in [-0.2, -0.15) is 0 Å². The molecule has 3 heteroatoms. The van der Waals surface area contributed by atoms with E-state index in [2.05, 4.69) is 0 Å². The van der Waals surface area contributed by atoms with Crippen LogP contribution in [0.15, 0.2) is 18.2 Å². The van der Waals surface area contributed by atoms with E-state index in [1.165, 1.54) is 5.56 Å². The number of carbonyl (C=O) groups excluding carboxylic acids is 1. The molecule has 1 aromatic carbocycles. The van der Waals surface area contributed by atoms with Gasteiger partial charge in [0.1, 0.15) is 0 Å². The van der Waals surface area contributed by atoms with Crippen molar-refractivity contribution in [1.29, 1.82) is 0 Å². The zero-order chi connectivity index (χ0) is 11.0. The van der Waals surface area contributed by atoms with Crippen molar-refractivity contribution in [3.63, 3.8) is 0 Å². The zero-order valence-electron chi connectivity index (χ0n) is 9.16. The maximum Gasteiger partial charge on any atom is 0.254 e. The summed E-state index contributed by atoms with van der Waals surface area (Å²) in [6.45, 7) is 5.37. The van der Waals surface area contributed by atoms with Crippen molar-refractivity contribution in [3.8, 4) is 0 Å². The molecule has 15 heavy (non-hydrogen) atoms. The molecule has 0 spiro atoms. The molecular weight excluding hydrogens is 188 g/mol. The highest BCUT2D eigenvalue weighted by Crippen LogP contribution is 2.16. The SMILES string of the molecule is Cc1ccc(C(=O)N2CC(N)C2)c(C)c1. The maximum absolute atomic E-state index is 12.0. The lowest BCUT2D eigenvalue weighted by molar-refractivity contribution is 0.0607. The predicted molar refractivity (Wildman–Crippen MR) is 59.8 cm³/mol. The summed E-state index contributed by atoms with van der Waals surface area (Å²) in [6, 6.07) is 6.07. The number of aryl methyl sites for hydroxylation is 2. The Morgan fingerprint density at radius 1 is 1.40 bits per heavy atom. The van der Waals surface area contributed by atoms with Gasteiger partial charge in [0, 0.05) is 24.7 Å². The zero-order valence-corrected chi connectivity index (χ0v) is 9.16. The molecule has 1 aromatic rings. The van der Waals surface area contributed by atoms with Gasteiger partial charge in [-0.15, -0.1) is 0 Å². The molecule has 0 bridgehead atoms. The molecule has 0 saturated carbocycles. The number of nitrogens with two attached hydrogens (primary N) is 1. The summed E-state index contributed by atoms with van der Waals surface area (Å²) >= 11 is 0. The van der Waals surface area contributed by atoms with Crippen LogP contribution in [0.5, 0.6) is 0 Å². The minimum Gasteiger partial charge on any atom is -0.335 e. The third kappa shape index (κ3) is 1.88. The number of rotatable bonds is 1. The van der Waals surface area contributed by atoms with Crippen molar-refractivity contribution in [3.05, 3.63) is 34.9 Å². The number of carbonyl (C=O) groups is 1. The van der Waals surface area contributed by atoms with Gasteiger partial charge in [0.15, 0.2) is 0 Å². The maximum atomic E-state index is 12.0. The Bertz CT molecular complexity index is 395. The summed E-state index contributed by atoms with van der Waals surface area (Å²) in [6.07, 6.45) is 0. The van der Waals surface area contributed by atoms with Crippen molar-refractivity contribution in [1.82, 2.24) is 4.90 Å². The standard InChI is InChI=1S/C12H16N2O/c1-8-3-4-11(9(2)5-8)12(15)14-6-10(13)7-14/h3-5,10H,6-7,13H2,1-2H3. The van der Waals surface area contributed by atoms with Crippen LogP contribution in [0.4, 0.5) is 0 Å². The number of hydrogen-bond donors (Lipinski definition) is 1. The molecule has 0 radical (unpaired) electrons. The summed E-state index contributed by atoms with van der Waals surface area (Å²) in [5, 5.41) is 0. The predicted octanol–water partition coefficient (Wildman–Crippen LogP) is 1.09. The van der Waals surface area contributed by atoms with E-state index in [1.807, 2.05) is 32.0 Å². The lowest BCUT2D eigenvalue weighted by Gasteiger charge is -2.37. The average molecular weight is 204 g/mol. The Morgan fingerprint density at radius 3 is 2.60 bits per heavy atom. The van der Waals surface area contributed by atoms with E-state index in [9.17, 15) is 4.79 Å². The van der Waals surface area contributed by atoms with Crippen LogP contribution in [0.3, 0.4) is 0 Å². The minimum absolute atomic E-state index is 0.106. The Balaban J connectivity index is 2.19. The van der Waals surface area contributed by atoms with Crippen LogP contribution >= 0.6 is 0 Å². The van der Waals surface area contributed by atoms with Crippen LogP contribution in [-0.4, -0.2) is 29.9 Å². The van der Waals surface area contributed by atoms with Crippen molar-refractivity contribution in [2.75, 3.05) is 13.1 Å². The van der Waals surface area contributed by atoms with Crippen LogP contribution in [0.2, 0.25) is 0 Å². The van der Waals surface area contributed by atoms with Gasteiger partial charge in [-0.25, -0.2) is 0 Å². The summed E-state index contributed by atoms with van der Waals surface area (Å²) < 4.78 is 0. The van der Waals surface area contributed by atoms with Gasteiger partial charge >= 0.3 is 0 Å². The Labute approximate surface area is 89.9 Å². The van der Waals surface area contributed by atoms with Crippen molar-refractivity contribution in [2.45, 2.75) is 19.9 Å². The quantitative estimate of drug-likeness (QED) is 0.744. The second kappa shape index (κ2) is 3.66. The summed E-state index contributed by atoms with van der Waals surface area (Å²) in [5.41, 5.74) is 8.68. The smallest absolute Gasteiger partial charge is 0.254 e. The molecule has 2 rings (SSSR count). The highest BCUT2D eigenvalue weighted by molar-refractivity contribution is 5.96. The number of hydrogen-bond acceptors (Lipinski definition) is 2. The molecular formula is C12H16N2O. The third-order valence-corrected chi connectivity index (χ3v) is 2.81. The first kappa shape index (κ1) is 10.2. The fourth-order valence-electron chi connectivity index (χ4n) is 1.90. The Morgan fingerprint density at radius 2 is 2.07 bits per heavy atom. The molecule has 1 saturated heterocycles. The van der Waals surface area contributed by atoms with E-state index in [4.69, 9.17) is 5.73 Å². The molecule has 0 unspecified atom stereocenters. The van der Waals surface area contributed by atoms with Gasteiger partial charge in [-0.05, 0) is 25.5 Å². The van der Waals surface area contributed by atoms with Gasteiger partial charge < -0.3 is 10.6 Å². The molecule has 0 aliphatic carbocycles. The number of likely N-dealkylation sites (tertiary alicyclic amines) is 1. The largest absolute Gasteiger partial charge is 0.335 e. The van der Waals surface area contributed by atoms with Crippen LogP contribution in [0, 0.1) is 13.8 Å². The normalized spacial score (nSPS) is 16.3. The van der Waals surface area contributed by atoms with Gasteiger partial charge in [0.05, 0.1) is 0 Å². The molecule has 1 fully saturated rings. The van der Waals surface area contributed by atoms with Crippen LogP contribution in [0.1, 0.15) is 21.5 Å². The molecule has 1 amide bonds. The summed E-state index contributed by atoms with van der Waals surface area (Å²) in [7, 11) is 0. The number of amides is 1. The third-order valence-electron chi connectivity index (χ3n) is 2.81. The van der Waals surface area contributed by atoms with Gasteiger partial charge in [-0.3, -0.25) is 4.79 Å². The van der Waals surface area contributed by atoms with Gasteiger partial charge in [0.2, 0.25) is 0 Å². The molecule has 1 aliphatic rings. The average Bonchev–Trinajstić information content (AvgIpc) is 2.12. The summed E-state index contributed by atoms with van der Waals surface area (Å²) in [4.78, 5) is 13.8. The lowest BCUT2D eigenvalue weighted by Crippen LogP contribution is -2.57. The number of benzene rings is 1.